The van der Waals surface area contributed by atoms with Gasteiger partial charge in [-0.2, -0.15) is 4.98 Å². The van der Waals surface area contributed by atoms with Gasteiger partial charge in [-0.15, -0.1) is 0 Å². The number of nitrogens with zero attached hydrogens (tertiary/aromatic N) is 2. The fourth-order valence-electron chi connectivity index (χ4n) is 3.44. The van der Waals surface area contributed by atoms with E-state index in [-0.39, 0.29) is 0 Å². The summed E-state index contributed by atoms with van der Waals surface area (Å²) in [4.78, 5) is 4.48. The molecule has 1 aromatic heterocycles. The first-order valence-corrected chi connectivity index (χ1v) is 8.41. The Labute approximate surface area is 129 Å². The van der Waals surface area contributed by atoms with Gasteiger partial charge in [-0.3, -0.25) is 0 Å². The minimum Gasteiger partial charge on any atom is -0.338 e. The molecule has 2 atom stereocenters. The largest absolute Gasteiger partial charge is 0.338 e. The van der Waals surface area contributed by atoms with Crippen molar-refractivity contribution in [2.45, 2.75) is 79.3 Å². The zero-order valence-electron chi connectivity index (χ0n) is 14.3. The second-order valence-corrected chi connectivity index (χ2v) is 7.95. The second kappa shape index (κ2) is 6.91. The van der Waals surface area contributed by atoms with Crippen molar-refractivity contribution in [1.29, 1.82) is 0 Å². The summed E-state index contributed by atoms with van der Waals surface area (Å²) in [5.41, 5.74) is 0.357. The van der Waals surface area contributed by atoms with Crippen LogP contribution in [0.2, 0.25) is 0 Å². The van der Waals surface area contributed by atoms with Crippen LogP contribution in [0.15, 0.2) is 4.52 Å². The lowest BCUT2D eigenvalue weighted by molar-refractivity contribution is 0.127. The van der Waals surface area contributed by atoms with Crippen LogP contribution < -0.4 is 5.32 Å². The normalized spacial score (nSPS) is 23.7. The zero-order chi connectivity index (χ0) is 15.5. The van der Waals surface area contributed by atoms with Gasteiger partial charge in [0.25, 0.3) is 0 Å². The lowest BCUT2D eigenvalue weighted by Gasteiger charge is -2.40. The van der Waals surface area contributed by atoms with Crippen LogP contribution in [-0.4, -0.2) is 16.2 Å². The summed E-state index contributed by atoms with van der Waals surface area (Å²) < 4.78 is 5.35. The molecule has 1 saturated carbocycles. The molecule has 1 heterocycles. The van der Waals surface area contributed by atoms with Crippen LogP contribution in [0.5, 0.6) is 0 Å². The monoisotopic (exact) mass is 293 g/mol. The number of nitrogens with one attached hydrogen (secondary N) is 1. The molecule has 21 heavy (non-hydrogen) atoms. The highest BCUT2D eigenvalue weighted by molar-refractivity contribution is 4.91. The fourth-order valence-corrected chi connectivity index (χ4v) is 3.44. The van der Waals surface area contributed by atoms with Crippen molar-refractivity contribution < 1.29 is 4.52 Å². The molecule has 1 aromatic rings. The van der Waals surface area contributed by atoms with Crippen LogP contribution in [0, 0.1) is 17.3 Å². The summed E-state index contributed by atoms with van der Waals surface area (Å²) in [6.45, 7) is 12.1. The minimum absolute atomic E-state index is 0.357. The molecule has 4 nitrogen and oxygen atoms in total. The highest BCUT2D eigenvalue weighted by atomic mass is 16.5. The van der Waals surface area contributed by atoms with E-state index >= 15 is 0 Å². The molecular formula is C17H31N3O. The van der Waals surface area contributed by atoms with Gasteiger partial charge in [0.1, 0.15) is 0 Å². The summed E-state index contributed by atoms with van der Waals surface area (Å²) in [5.74, 6) is 2.85. The maximum Gasteiger partial charge on any atom is 0.240 e. The van der Waals surface area contributed by atoms with E-state index in [9.17, 15) is 0 Å². The van der Waals surface area contributed by atoms with Crippen molar-refractivity contribution in [3.05, 3.63) is 11.7 Å². The summed E-state index contributed by atoms with van der Waals surface area (Å²) in [7, 11) is 0. The van der Waals surface area contributed by atoms with Gasteiger partial charge in [0.05, 0.1) is 6.54 Å². The lowest BCUT2D eigenvalue weighted by Crippen LogP contribution is -2.43. The number of hydrogen-bond acceptors (Lipinski definition) is 4. The van der Waals surface area contributed by atoms with Gasteiger partial charge in [0.2, 0.25) is 5.89 Å². The van der Waals surface area contributed by atoms with Crippen molar-refractivity contribution in [1.82, 2.24) is 15.5 Å². The van der Waals surface area contributed by atoms with E-state index in [4.69, 9.17) is 4.52 Å². The highest BCUT2D eigenvalue weighted by Crippen LogP contribution is 2.38. The molecule has 0 aromatic carbocycles. The fraction of sp³-hybridized carbons (Fsp3) is 0.882. The van der Waals surface area contributed by atoms with Crippen molar-refractivity contribution in [2.75, 3.05) is 0 Å². The Morgan fingerprint density at radius 2 is 1.95 bits per heavy atom. The number of rotatable bonds is 5. The molecule has 1 N–H and O–H groups in total. The van der Waals surface area contributed by atoms with E-state index < -0.39 is 0 Å². The van der Waals surface area contributed by atoms with Crippen LogP contribution in [-0.2, 0) is 13.0 Å². The van der Waals surface area contributed by atoms with E-state index in [2.05, 4.69) is 50.1 Å². The number of hydrogen-bond donors (Lipinski definition) is 1. The van der Waals surface area contributed by atoms with Crippen molar-refractivity contribution >= 4 is 0 Å². The predicted molar refractivity (Wildman–Crippen MR) is 84.9 cm³/mol. The van der Waals surface area contributed by atoms with E-state index in [1.165, 1.54) is 25.7 Å². The highest BCUT2D eigenvalue weighted by Gasteiger charge is 2.33. The molecule has 0 aliphatic heterocycles. The summed E-state index contributed by atoms with van der Waals surface area (Å²) >= 11 is 0. The Kier molecular flexibility index (Phi) is 5.42. The van der Waals surface area contributed by atoms with Crippen molar-refractivity contribution in [2.24, 2.45) is 17.3 Å². The minimum atomic E-state index is 0.357. The standard InChI is InChI=1S/C17H31N3O/c1-12(2)10-15-19-16(21-20-15)11-18-14-9-7-6-8-13(14)17(3,4)5/h12-14,18H,6-11H2,1-5H3. The molecular weight excluding hydrogens is 262 g/mol. The molecule has 0 radical (unpaired) electrons. The Morgan fingerprint density at radius 3 is 2.62 bits per heavy atom. The van der Waals surface area contributed by atoms with Gasteiger partial charge in [-0.25, -0.2) is 0 Å². The van der Waals surface area contributed by atoms with Crippen LogP contribution >= 0.6 is 0 Å². The first-order valence-electron chi connectivity index (χ1n) is 8.41. The molecule has 2 rings (SSSR count). The third kappa shape index (κ3) is 4.80. The topological polar surface area (TPSA) is 51.0 Å². The van der Waals surface area contributed by atoms with Crippen LogP contribution in [0.1, 0.15) is 72.0 Å². The van der Waals surface area contributed by atoms with Crippen molar-refractivity contribution in [3.63, 3.8) is 0 Å². The summed E-state index contributed by atoms with van der Waals surface area (Å²) in [6.07, 6.45) is 6.15. The second-order valence-electron chi connectivity index (χ2n) is 7.95. The molecule has 0 bridgehead atoms. The zero-order valence-corrected chi connectivity index (χ0v) is 14.3. The van der Waals surface area contributed by atoms with E-state index in [1.807, 2.05) is 0 Å². The Bertz CT molecular complexity index is 433. The third-order valence-electron chi connectivity index (χ3n) is 4.49. The van der Waals surface area contributed by atoms with Crippen LogP contribution in [0.25, 0.3) is 0 Å². The van der Waals surface area contributed by atoms with Crippen molar-refractivity contribution in [3.8, 4) is 0 Å². The van der Waals surface area contributed by atoms with E-state index in [0.717, 1.165) is 24.1 Å². The average molecular weight is 293 g/mol. The maximum atomic E-state index is 5.35. The number of aromatic nitrogens is 2. The first kappa shape index (κ1) is 16.5. The molecule has 4 heteroatoms. The third-order valence-corrected chi connectivity index (χ3v) is 4.49. The SMILES string of the molecule is CC(C)Cc1noc(CNC2CCCCC2C(C)(C)C)n1. The van der Waals surface area contributed by atoms with Gasteiger partial charge < -0.3 is 9.84 Å². The van der Waals surface area contributed by atoms with Gasteiger partial charge in [-0.05, 0) is 30.1 Å². The molecule has 0 saturated heterocycles. The quantitative estimate of drug-likeness (QED) is 0.892. The van der Waals surface area contributed by atoms with Crippen LogP contribution in [0.4, 0.5) is 0 Å². The van der Waals surface area contributed by atoms with Gasteiger partial charge >= 0.3 is 0 Å². The predicted octanol–water partition coefficient (Wildman–Crippen LogP) is 3.96. The van der Waals surface area contributed by atoms with E-state index in [1.54, 1.807) is 0 Å². The molecule has 120 valence electrons. The maximum absolute atomic E-state index is 5.35. The Balaban J connectivity index is 1.90. The Hall–Kier alpha value is -0.900. The van der Waals surface area contributed by atoms with E-state index in [0.29, 0.717) is 23.9 Å². The molecule has 1 aliphatic rings. The smallest absolute Gasteiger partial charge is 0.240 e. The molecule has 0 spiro atoms. The lowest BCUT2D eigenvalue weighted by atomic mass is 9.69. The molecule has 1 fully saturated rings. The summed E-state index contributed by atoms with van der Waals surface area (Å²) in [6, 6.07) is 0.569. The molecule has 0 amide bonds. The van der Waals surface area contributed by atoms with Gasteiger partial charge in [0.15, 0.2) is 5.82 Å². The molecule has 1 aliphatic carbocycles. The Morgan fingerprint density at radius 1 is 1.24 bits per heavy atom. The first-order chi connectivity index (χ1) is 9.86. The average Bonchev–Trinajstić information content (AvgIpc) is 2.82. The van der Waals surface area contributed by atoms with Gasteiger partial charge in [-0.1, -0.05) is 52.6 Å². The van der Waals surface area contributed by atoms with Gasteiger partial charge in [0, 0.05) is 12.5 Å². The van der Waals surface area contributed by atoms with Crippen LogP contribution in [0.3, 0.4) is 0 Å². The molecule has 2 unspecified atom stereocenters. The summed E-state index contributed by atoms with van der Waals surface area (Å²) in [5, 5.41) is 7.73.